The molecule has 1 aromatic heterocycles. The summed E-state index contributed by atoms with van der Waals surface area (Å²) in [4.78, 5) is 14.0. The lowest BCUT2D eigenvalue weighted by atomic mass is 9.96. The predicted octanol–water partition coefficient (Wildman–Crippen LogP) is 4.86. The average molecular weight is 452 g/mol. The van der Waals surface area contributed by atoms with Gasteiger partial charge < -0.3 is 5.32 Å². The Morgan fingerprint density at radius 2 is 1.71 bits per heavy atom. The zero-order chi connectivity index (χ0) is 22.0. The standard InChI is InChI=1S/C23H21N3O3S2/c1-15-6-12-18(13-7-15)31(28,29)26-17-10-8-16(9-11-17)22(27)25-23-20(14-24)19-4-2-3-5-21(19)30-23/h6-13,26H,2-5H2,1H3,(H,25,27). The Morgan fingerprint density at radius 1 is 1.03 bits per heavy atom. The van der Waals surface area contributed by atoms with E-state index in [0.29, 0.717) is 21.8 Å². The van der Waals surface area contributed by atoms with Crippen LogP contribution in [0.1, 0.15) is 44.8 Å². The third-order valence-corrected chi connectivity index (χ3v) is 7.85. The molecule has 3 aromatic rings. The maximum atomic E-state index is 12.7. The van der Waals surface area contributed by atoms with Crippen LogP contribution in [0, 0.1) is 18.3 Å². The number of benzene rings is 2. The second-order valence-corrected chi connectivity index (χ2v) is 10.3. The van der Waals surface area contributed by atoms with Gasteiger partial charge in [-0.3, -0.25) is 9.52 Å². The first-order valence-electron chi connectivity index (χ1n) is 9.93. The van der Waals surface area contributed by atoms with Gasteiger partial charge in [-0.1, -0.05) is 17.7 Å². The minimum absolute atomic E-state index is 0.172. The maximum absolute atomic E-state index is 12.7. The van der Waals surface area contributed by atoms with Crippen LogP contribution < -0.4 is 10.0 Å². The number of aryl methyl sites for hydroxylation is 2. The van der Waals surface area contributed by atoms with Crippen molar-refractivity contribution in [1.29, 1.82) is 5.26 Å². The van der Waals surface area contributed by atoms with Gasteiger partial charge in [0.05, 0.1) is 10.5 Å². The zero-order valence-electron chi connectivity index (χ0n) is 16.9. The van der Waals surface area contributed by atoms with Crippen LogP contribution in [0.25, 0.3) is 0 Å². The highest BCUT2D eigenvalue weighted by Crippen LogP contribution is 2.37. The highest BCUT2D eigenvalue weighted by atomic mass is 32.2. The number of nitrogens with zero attached hydrogens (tertiary/aromatic N) is 1. The molecule has 4 rings (SSSR count). The van der Waals surface area contributed by atoms with E-state index >= 15 is 0 Å². The number of thiophene rings is 1. The van der Waals surface area contributed by atoms with E-state index in [1.54, 1.807) is 48.5 Å². The van der Waals surface area contributed by atoms with Crippen LogP contribution in [0.2, 0.25) is 0 Å². The number of fused-ring (bicyclic) bond motifs is 1. The smallest absolute Gasteiger partial charge is 0.261 e. The number of anilines is 2. The highest BCUT2D eigenvalue weighted by Gasteiger charge is 2.22. The molecule has 1 aliphatic carbocycles. The Kier molecular flexibility index (Phi) is 5.81. The molecule has 2 aromatic carbocycles. The van der Waals surface area contributed by atoms with E-state index < -0.39 is 10.0 Å². The van der Waals surface area contributed by atoms with Crippen molar-refractivity contribution in [3.05, 3.63) is 75.7 Å². The number of nitriles is 1. The van der Waals surface area contributed by atoms with Crippen molar-refractivity contribution >= 4 is 38.0 Å². The number of sulfonamides is 1. The van der Waals surface area contributed by atoms with Crippen molar-refractivity contribution in [3.63, 3.8) is 0 Å². The fourth-order valence-electron chi connectivity index (χ4n) is 3.57. The van der Waals surface area contributed by atoms with Gasteiger partial charge in [0.1, 0.15) is 11.1 Å². The van der Waals surface area contributed by atoms with Crippen molar-refractivity contribution in [2.24, 2.45) is 0 Å². The summed E-state index contributed by atoms with van der Waals surface area (Å²) in [5.41, 5.74) is 3.35. The monoisotopic (exact) mass is 451 g/mol. The number of carbonyl (C=O) groups is 1. The second kappa shape index (κ2) is 8.53. The summed E-state index contributed by atoms with van der Waals surface area (Å²) in [5.74, 6) is -0.331. The topological polar surface area (TPSA) is 99.1 Å². The SMILES string of the molecule is Cc1ccc(S(=O)(=O)Nc2ccc(C(=O)Nc3sc4c(c3C#N)CCCC4)cc2)cc1. The van der Waals surface area contributed by atoms with Gasteiger partial charge in [0.25, 0.3) is 15.9 Å². The zero-order valence-corrected chi connectivity index (χ0v) is 18.6. The number of hydrogen-bond acceptors (Lipinski definition) is 5. The summed E-state index contributed by atoms with van der Waals surface area (Å²) in [5, 5.41) is 13.0. The molecule has 8 heteroatoms. The Morgan fingerprint density at radius 3 is 2.39 bits per heavy atom. The van der Waals surface area contributed by atoms with E-state index in [0.717, 1.165) is 36.8 Å². The Bertz CT molecular complexity index is 1270. The van der Waals surface area contributed by atoms with Crippen molar-refractivity contribution in [3.8, 4) is 6.07 Å². The molecule has 0 saturated carbocycles. The summed E-state index contributed by atoms with van der Waals surface area (Å²) in [6, 6.07) is 15.0. The van der Waals surface area contributed by atoms with Gasteiger partial charge in [-0.05, 0) is 74.6 Å². The summed E-state index contributed by atoms with van der Waals surface area (Å²) in [6.07, 6.45) is 3.98. The molecule has 1 heterocycles. The van der Waals surface area contributed by atoms with E-state index in [-0.39, 0.29) is 10.8 Å². The van der Waals surface area contributed by atoms with E-state index in [1.165, 1.54) is 16.2 Å². The molecule has 0 unspecified atom stereocenters. The maximum Gasteiger partial charge on any atom is 0.261 e. The molecule has 1 amide bonds. The van der Waals surface area contributed by atoms with Crippen molar-refractivity contribution in [2.45, 2.75) is 37.5 Å². The first-order chi connectivity index (χ1) is 14.9. The Balaban J connectivity index is 1.48. The lowest BCUT2D eigenvalue weighted by molar-refractivity contribution is 0.102. The van der Waals surface area contributed by atoms with Crippen molar-refractivity contribution < 1.29 is 13.2 Å². The molecule has 0 radical (unpaired) electrons. The molecule has 1 aliphatic rings. The molecule has 6 nitrogen and oxygen atoms in total. The van der Waals surface area contributed by atoms with Crippen LogP contribution in [0.3, 0.4) is 0 Å². The molecular formula is C23H21N3O3S2. The van der Waals surface area contributed by atoms with Gasteiger partial charge >= 0.3 is 0 Å². The number of nitrogens with one attached hydrogen (secondary N) is 2. The van der Waals surface area contributed by atoms with E-state index in [9.17, 15) is 18.5 Å². The Hall–Kier alpha value is -3.15. The third-order valence-electron chi connectivity index (χ3n) is 5.24. The first kappa shape index (κ1) is 21.1. The average Bonchev–Trinajstić information content (AvgIpc) is 3.11. The number of amides is 1. The molecule has 0 saturated heterocycles. The summed E-state index contributed by atoms with van der Waals surface area (Å²) in [7, 11) is -3.71. The van der Waals surface area contributed by atoms with E-state index in [2.05, 4.69) is 16.1 Å². The molecule has 0 atom stereocenters. The van der Waals surface area contributed by atoms with E-state index in [1.807, 2.05) is 6.92 Å². The minimum atomic E-state index is -3.71. The highest BCUT2D eigenvalue weighted by molar-refractivity contribution is 7.92. The third kappa shape index (κ3) is 4.48. The molecular weight excluding hydrogens is 430 g/mol. The van der Waals surface area contributed by atoms with Gasteiger partial charge in [-0.2, -0.15) is 5.26 Å². The van der Waals surface area contributed by atoms with Crippen molar-refractivity contribution in [2.75, 3.05) is 10.0 Å². The normalized spacial score (nSPS) is 13.2. The number of carbonyl (C=O) groups excluding carboxylic acids is 1. The quantitative estimate of drug-likeness (QED) is 0.579. The summed E-state index contributed by atoms with van der Waals surface area (Å²) in [6.45, 7) is 1.89. The molecule has 0 aliphatic heterocycles. The van der Waals surface area contributed by atoms with Gasteiger partial charge in [0.15, 0.2) is 0 Å². The fourth-order valence-corrected chi connectivity index (χ4v) is 5.86. The van der Waals surface area contributed by atoms with Gasteiger partial charge in [-0.15, -0.1) is 11.3 Å². The lowest BCUT2D eigenvalue weighted by Crippen LogP contribution is -2.14. The van der Waals surface area contributed by atoms with Crippen LogP contribution in [-0.4, -0.2) is 14.3 Å². The molecule has 158 valence electrons. The first-order valence-corrected chi connectivity index (χ1v) is 12.2. The number of rotatable bonds is 5. The molecule has 0 bridgehead atoms. The van der Waals surface area contributed by atoms with Gasteiger partial charge in [0, 0.05) is 16.1 Å². The predicted molar refractivity (Wildman–Crippen MR) is 122 cm³/mol. The molecule has 31 heavy (non-hydrogen) atoms. The van der Waals surface area contributed by atoms with Crippen molar-refractivity contribution in [1.82, 2.24) is 0 Å². The van der Waals surface area contributed by atoms with E-state index in [4.69, 9.17) is 0 Å². The van der Waals surface area contributed by atoms with Crippen LogP contribution in [0.5, 0.6) is 0 Å². The van der Waals surface area contributed by atoms with Gasteiger partial charge in [0.2, 0.25) is 0 Å². The lowest BCUT2D eigenvalue weighted by Gasteiger charge is -2.10. The summed E-state index contributed by atoms with van der Waals surface area (Å²) >= 11 is 1.47. The minimum Gasteiger partial charge on any atom is -0.312 e. The fraction of sp³-hybridized carbons (Fsp3) is 0.217. The molecule has 2 N–H and O–H groups in total. The molecule has 0 fully saturated rings. The van der Waals surface area contributed by atoms with Crippen LogP contribution in [0.4, 0.5) is 10.7 Å². The second-order valence-electron chi connectivity index (χ2n) is 7.48. The number of hydrogen-bond donors (Lipinski definition) is 2. The van der Waals surface area contributed by atoms with Gasteiger partial charge in [-0.25, -0.2) is 8.42 Å². The largest absolute Gasteiger partial charge is 0.312 e. The molecule has 0 spiro atoms. The van der Waals surface area contributed by atoms with Crippen LogP contribution >= 0.6 is 11.3 Å². The van der Waals surface area contributed by atoms with Crippen LogP contribution in [0.15, 0.2) is 53.4 Å². The van der Waals surface area contributed by atoms with Crippen LogP contribution in [-0.2, 0) is 22.9 Å². The summed E-state index contributed by atoms with van der Waals surface area (Å²) < 4.78 is 27.6. The Labute approximate surface area is 185 Å².